The van der Waals surface area contributed by atoms with Crippen molar-refractivity contribution in [2.75, 3.05) is 0 Å². The molecule has 0 radical (unpaired) electrons. The SMILES string of the molecule is O=C(O)c1ccccc1-c1noc(-c2cnc3ncccc3c2)n1. The van der Waals surface area contributed by atoms with Crippen LogP contribution in [0.4, 0.5) is 0 Å². The van der Waals surface area contributed by atoms with Gasteiger partial charge in [0, 0.05) is 23.3 Å². The normalized spacial score (nSPS) is 10.8. The molecule has 24 heavy (non-hydrogen) atoms. The Morgan fingerprint density at radius 1 is 1.08 bits per heavy atom. The summed E-state index contributed by atoms with van der Waals surface area (Å²) in [5, 5.41) is 14.0. The van der Waals surface area contributed by atoms with Gasteiger partial charge in [-0.05, 0) is 24.3 Å². The van der Waals surface area contributed by atoms with Crippen LogP contribution in [0.5, 0.6) is 0 Å². The summed E-state index contributed by atoms with van der Waals surface area (Å²) >= 11 is 0. The van der Waals surface area contributed by atoms with Crippen molar-refractivity contribution in [2.45, 2.75) is 0 Å². The second-order valence-electron chi connectivity index (χ2n) is 5.05. The molecule has 3 aromatic heterocycles. The van der Waals surface area contributed by atoms with E-state index in [1.54, 1.807) is 30.6 Å². The number of aromatic carboxylic acids is 1. The summed E-state index contributed by atoms with van der Waals surface area (Å²) in [6, 6.07) is 12.1. The van der Waals surface area contributed by atoms with Crippen LogP contribution in [0.1, 0.15) is 10.4 Å². The van der Waals surface area contributed by atoms with Gasteiger partial charge in [0.05, 0.1) is 11.1 Å². The molecule has 0 atom stereocenters. The van der Waals surface area contributed by atoms with Gasteiger partial charge in [-0.15, -0.1) is 0 Å². The van der Waals surface area contributed by atoms with Gasteiger partial charge >= 0.3 is 5.97 Å². The van der Waals surface area contributed by atoms with E-state index in [4.69, 9.17) is 4.52 Å². The highest BCUT2D eigenvalue weighted by Crippen LogP contribution is 2.25. The van der Waals surface area contributed by atoms with Crippen molar-refractivity contribution >= 4 is 17.0 Å². The van der Waals surface area contributed by atoms with E-state index in [1.165, 1.54) is 6.07 Å². The minimum atomic E-state index is -1.05. The number of benzene rings is 1. The van der Waals surface area contributed by atoms with E-state index in [2.05, 4.69) is 20.1 Å². The highest BCUT2D eigenvalue weighted by molar-refractivity contribution is 5.95. The number of aromatic nitrogens is 4. The average Bonchev–Trinajstić information content (AvgIpc) is 3.11. The fraction of sp³-hybridized carbons (Fsp3) is 0. The second-order valence-corrected chi connectivity index (χ2v) is 5.05. The van der Waals surface area contributed by atoms with E-state index in [0.717, 1.165) is 5.39 Å². The average molecular weight is 318 g/mol. The zero-order chi connectivity index (χ0) is 16.5. The Balaban J connectivity index is 1.78. The van der Waals surface area contributed by atoms with Crippen LogP contribution in [0.25, 0.3) is 33.9 Å². The summed E-state index contributed by atoms with van der Waals surface area (Å²) in [7, 11) is 0. The molecule has 0 aliphatic carbocycles. The maximum absolute atomic E-state index is 11.3. The van der Waals surface area contributed by atoms with Gasteiger partial charge in [0.15, 0.2) is 5.65 Å². The molecule has 7 heteroatoms. The second kappa shape index (κ2) is 5.54. The van der Waals surface area contributed by atoms with E-state index in [0.29, 0.717) is 16.8 Å². The quantitative estimate of drug-likeness (QED) is 0.619. The van der Waals surface area contributed by atoms with Gasteiger partial charge in [0.25, 0.3) is 5.89 Å². The smallest absolute Gasteiger partial charge is 0.336 e. The fourth-order valence-electron chi connectivity index (χ4n) is 2.40. The number of carboxylic acid groups (broad SMARTS) is 1. The molecule has 1 aromatic carbocycles. The molecule has 3 heterocycles. The number of pyridine rings is 2. The Labute approximate surface area is 135 Å². The lowest BCUT2D eigenvalue weighted by Crippen LogP contribution is -1.99. The summed E-state index contributed by atoms with van der Waals surface area (Å²) in [6.45, 7) is 0. The van der Waals surface area contributed by atoms with Crippen LogP contribution >= 0.6 is 0 Å². The first-order valence-corrected chi connectivity index (χ1v) is 7.10. The summed E-state index contributed by atoms with van der Waals surface area (Å²) in [5.74, 6) is -0.562. The van der Waals surface area contributed by atoms with Crippen molar-refractivity contribution in [3.8, 4) is 22.8 Å². The lowest BCUT2D eigenvalue weighted by Gasteiger charge is -2.00. The Morgan fingerprint density at radius 2 is 1.96 bits per heavy atom. The van der Waals surface area contributed by atoms with Crippen molar-refractivity contribution in [1.82, 2.24) is 20.1 Å². The molecule has 0 spiro atoms. The van der Waals surface area contributed by atoms with Crippen molar-refractivity contribution in [2.24, 2.45) is 0 Å². The van der Waals surface area contributed by atoms with Crippen LogP contribution in [-0.2, 0) is 0 Å². The molecule has 0 bridgehead atoms. The van der Waals surface area contributed by atoms with Gasteiger partial charge in [0.2, 0.25) is 5.82 Å². The Morgan fingerprint density at radius 3 is 2.83 bits per heavy atom. The van der Waals surface area contributed by atoms with Crippen LogP contribution in [0.15, 0.2) is 59.4 Å². The molecule has 1 N–H and O–H groups in total. The first-order chi connectivity index (χ1) is 11.7. The van der Waals surface area contributed by atoms with Crippen molar-refractivity contribution in [3.05, 3.63) is 60.4 Å². The zero-order valence-electron chi connectivity index (χ0n) is 12.2. The van der Waals surface area contributed by atoms with Gasteiger partial charge in [-0.3, -0.25) is 0 Å². The molecule has 0 saturated carbocycles. The number of rotatable bonds is 3. The van der Waals surface area contributed by atoms with Crippen LogP contribution < -0.4 is 0 Å². The number of nitrogens with zero attached hydrogens (tertiary/aromatic N) is 4. The minimum absolute atomic E-state index is 0.116. The summed E-state index contributed by atoms with van der Waals surface area (Å²) in [5.41, 5.74) is 1.78. The maximum atomic E-state index is 11.3. The monoisotopic (exact) mass is 318 g/mol. The highest BCUT2D eigenvalue weighted by atomic mass is 16.5. The topological polar surface area (TPSA) is 102 Å². The predicted octanol–water partition coefficient (Wildman–Crippen LogP) is 3.05. The Hall–Kier alpha value is -3.61. The number of fused-ring (bicyclic) bond motifs is 1. The van der Waals surface area contributed by atoms with Crippen LogP contribution in [0.3, 0.4) is 0 Å². The van der Waals surface area contributed by atoms with Crippen molar-refractivity contribution < 1.29 is 14.4 Å². The number of carboxylic acids is 1. The van der Waals surface area contributed by atoms with Gasteiger partial charge in [-0.25, -0.2) is 14.8 Å². The maximum Gasteiger partial charge on any atom is 0.336 e. The molecule has 7 nitrogen and oxygen atoms in total. The van der Waals surface area contributed by atoms with Crippen molar-refractivity contribution in [1.29, 1.82) is 0 Å². The van der Waals surface area contributed by atoms with Crippen LogP contribution in [0, 0.1) is 0 Å². The number of hydrogen-bond donors (Lipinski definition) is 1. The third kappa shape index (κ3) is 2.38. The predicted molar refractivity (Wildman–Crippen MR) is 85.2 cm³/mol. The first kappa shape index (κ1) is 14.0. The molecule has 0 aliphatic heterocycles. The minimum Gasteiger partial charge on any atom is -0.478 e. The number of carbonyl (C=O) groups is 1. The van der Waals surface area contributed by atoms with Crippen LogP contribution in [-0.4, -0.2) is 31.2 Å². The zero-order valence-corrected chi connectivity index (χ0v) is 12.2. The van der Waals surface area contributed by atoms with Gasteiger partial charge in [0.1, 0.15) is 0 Å². The molecule has 0 unspecified atom stereocenters. The number of hydrogen-bond acceptors (Lipinski definition) is 6. The summed E-state index contributed by atoms with van der Waals surface area (Å²) in [4.78, 5) is 24.0. The third-order valence-electron chi connectivity index (χ3n) is 3.53. The molecule has 0 saturated heterocycles. The lowest BCUT2D eigenvalue weighted by atomic mass is 10.1. The van der Waals surface area contributed by atoms with E-state index >= 15 is 0 Å². The first-order valence-electron chi connectivity index (χ1n) is 7.10. The molecule has 4 rings (SSSR count). The molecule has 0 aliphatic rings. The van der Waals surface area contributed by atoms with Crippen LogP contribution in [0.2, 0.25) is 0 Å². The highest BCUT2D eigenvalue weighted by Gasteiger charge is 2.17. The van der Waals surface area contributed by atoms with E-state index < -0.39 is 5.97 Å². The van der Waals surface area contributed by atoms with E-state index in [1.807, 2.05) is 18.2 Å². The largest absolute Gasteiger partial charge is 0.478 e. The molecule has 4 aromatic rings. The Bertz CT molecular complexity index is 1060. The molecule has 0 fully saturated rings. The molecule has 116 valence electrons. The fourth-order valence-corrected chi connectivity index (χ4v) is 2.40. The van der Waals surface area contributed by atoms with E-state index in [-0.39, 0.29) is 17.3 Å². The summed E-state index contributed by atoms with van der Waals surface area (Å²) in [6.07, 6.45) is 3.26. The lowest BCUT2D eigenvalue weighted by molar-refractivity contribution is 0.0697. The molecular formula is C17H10N4O3. The van der Waals surface area contributed by atoms with Gasteiger partial charge in [-0.2, -0.15) is 4.98 Å². The third-order valence-corrected chi connectivity index (χ3v) is 3.53. The summed E-state index contributed by atoms with van der Waals surface area (Å²) < 4.78 is 5.27. The van der Waals surface area contributed by atoms with Gasteiger partial charge in [-0.1, -0.05) is 23.4 Å². The van der Waals surface area contributed by atoms with E-state index in [9.17, 15) is 9.90 Å². The van der Waals surface area contributed by atoms with Gasteiger partial charge < -0.3 is 9.63 Å². The Kier molecular flexibility index (Phi) is 3.24. The standard InChI is InChI=1S/C17H10N4O3/c22-17(23)13-6-2-1-5-12(13)15-20-16(24-21-15)11-8-10-4-3-7-18-14(10)19-9-11/h1-9H,(H,22,23). The molecule has 0 amide bonds. The van der Waals surface area contributed by atoms with Crippen molar-refractivity contribution in [3.63, 3.8) is 0 Å². The molecular weight excluding hydrogens is 308 g/mol.